The van der Waals surface area contributed by atoms with E-state index in [1.165, 1.54) is 4.90 Å². The number of nitrogens with zero attached hydrogens (tertiary/aromatic N) is 3. The van der Waals surface area contributed by atoms with Crippen LogP contribution in [0.1, 0.15) is 11.1 Å². The molecular weight excluding hydrogens is 629 g/mol. The van der Waals surface area contributed by atoms with Crippen molar-refractivity contribution >= 4 is 31.5 Å². The predicted octanol–water partition coefficient (Wildman–Crippen LogP) is 0.537. The molecule has 0 amide bonds. The smallest absolute Gasteiger partial charge is 0.339 e. The largest absolute Gasteiger partial charge is 0.480 e. The SMILES string of the molecule is O=C(O)CN(CCN(CCN(CC(=O)O)[C@@H](COCc1ccccc1)C(=O)O)CP(=O)(O)O)[C@@H](COCc1ccccc1)C(=O)O. The van der Waals surface area contributed by atoms with Gasteiger partial charge in [-0.05, 0) is 11.1 Å². The van der Waals surface area contributed by atoms with Crippen molar-refractivity contribution in [1.29, 1.82) is 0 Å². The average molecular weight is 670 g/mol. The highest BCUT2D eigenvalue weighted by molar-refractivity contribution is 7.51. The van der Waals surface area contributed by atoms with Gasteiger partial charge in [-0.25, -0.2) is 0 Å². The highest BCUT2D eigenvalue weighted by Gasteiger charge is 2.31. The van der Waals surface area contributed by atoms with Gasteiger partial charge in [-0.2, -0.15) is 0 Å². The summed E-state index contributed by atoms with van der Waals surface area (Å²) in [4.78, 5) is 70.1. The summed E-state index contributed by atoms with van der Waals surface area (Å²) in [5.41, 5.74) is 1.53. The number of aliphatic carboxylic acids is 4. The molecular formula is C29H40N3O13P. The Morgan fingerprint density at radius 3 is 1.30 bits per heavy atom. The van der Waals surface area contributed by atoms with Gasteiger partial charge in [0.15, 0.2) is 0 Å². The van der Waals surface area contributed by atoms with Crippen LogP contribution in [0.4, 0.5) is 0 Å². The summed E-state index contributed by atoms with van der Waals surface area (Å²) < 4.78 is 23.0. The van der Waals surface area contributed by atoms with Crippen molar-refractivity contribution in [3.63, 3.8) is 0 Å². The topological polar surface area (TPSA) is 235 Å². The molecule has 0 saturated carbocycles. The van der Waals surface area contributed by atoms with Gasteiger partial charge in [-0.15, -0.1) is 0 Å². The van der Waals surface area contributed by atoms with E-state index in [4.69, 9.17) is 9.47 Å². The summed E-state index contributed by atoms with van der Waals surface area (Å²) >= 11 is 0. The molecule has 46 heavy (non-hydrogen) atoms. The maximum absolute atomic E-state index is 12.1. The Morgan fingerprint density at radius 1 is 0.630 bits per heavy atom. The molecule has 6 N–H and O–H groups in total. The first-order chi connectivity index (χ1) is 21.7. The minimum absolute atomic E-state index is 0.0646. The summed E-state index contributed by atoms with van der Waals surface area (Å²) in [5.74, 6) is -5.43. The summed E-state index contributed by atoms with van der Waals surface area (Å²) in [6.45, 7) is -3.13. The molecule has 0 bridgehead atoms. The van der Waals surface area contributed by atoms with Gasteiger partial charge in [0.2, 0.25) is 0 Å². The molecule has 0 spiro atoms. The van der Waals surface area contributed by atoms with Gasteiger partial charge in [0.1, 0.15) is 18.4 Å². The first-order valence-corrected chi connectivity index (χ1v) is 15.9. The molecule has 0 radical (unpaired) electrons. The lowest BCUT2D eigenvalue weighted by Crippen LogP contribution is -2.51. The van der Waals surface area contributed by atoms with E-state index in [9.17, 15) is 54.0 Å². The van der Waals surface area contributed by atoms with E-state index in [1.54, 1.807) is 60.7 Å². The molecule has 0 aromatic heterocycles. The van der Waals surface area contributed by atoms with E-state index in [-0.39, 0.29) is 52.6 Å². The first kappa shape index (κ1) is 38.5. The summed E-state index contributed by atoms with van der Waals surface area (Å²) in [5, 5.41) is 38.6. The Bertz CT molecular complexity index is 1210. The van der Waals surface area contributed by atoms with Crippen LogP contribution in [-0.2, 0) is 46.4 Å². The minimum atomic E-state index is -4.71. The number of ether oxygens (including phenoxy) is 2. The highest BCUT2D eigenvalue weighted by Crippen LogP contribution is 2.35. The van der Waals surface area contributed by atoms with Crippen molar-refractivity contribution < 1.29 is 63.4 Å². The monoisotopic (exact) mass is 669 g/mol. The van der Waals surface area contributed by atoms with Gasteiger partial charge >= 0.3 is 31.5 Å². The zero-order valence-electron chi connectivity index (χ0n) is 25.0. The van der Waals surface area contributed by atoms with Crippen LogP contribution in [0.2, 0.25) is 0 Å². The fourth-order valence-electron chi connectivity index (χ4n) is 4.48. The molecule has 2 rings (SSSR count). The van der Waals surface area contributed by atoms with Crippen molar-refractivity contribution in [3.05, 3.63) is 71.8 Å². The number of rotatable bonds is 24. The van der Waals surface area contributed by atoms with Gasteiger partial charge < -0.3 is 39.7 Å². The summed E-state index contributed by atoms with van der Waals surface area (Å²) in [7, 11) is -4.71. The molecule has 0 aliphatic rings. The third kappa shape index (κ3) is 15.5. The minimum Gasteiger partial charge on any atom is -0.480 e. The molecule has 0 aliphatic carbocycles. The van der Waals surface area contributed by atoms with Crippen LogP contribution < -0.4 is 0 Å². The van der Waals surface area contributed by atoms with Crippen molar-refractivity contribution in [1.82, 2.24) is 14.7 Å². The zero-order valence-corrected chi connectivity index (χ0v) is 25.9. The van der Waals surface area contributed by atoms with Crippen molar-refractivity contribution in [2.24, 2.45) is 0 Å². The number of hydrogen-bond acceptors (Lipinski definition) is 10. The van der Waals surface area contributed by atoms with E-state index in [2.05, 4.69) is 0 Å². The standard InChI is InChI=1S/C29H40N3O13P/c33-26(34)15-31(24(28(37)38)19-44-17-22-7-3-1-4-8-22)13-11-30(21-46(41,42)43)12-14-32(16-27(35)36)25(29(39)40)20-45-18-23-9-5-2-6-10-23/h1-10,24-25H,11-21H2,(H,33,34)(H,35,36)(H,37,38)(H,39,40)(H2,41,42,43)/t24-,25-/m0/s1. The van der Waals surface area contributed by atoms with Crippen molar-refractivity contribution in [3.8, 4) is 0 Å². The van der Waals surface area contributed by atoms with E-state index < -0.39 is 62.9 Å². The van der Waals surface area contributed by atoms with Crippen LogP contribution in [0.15, 0.2) is 60.7 Å². The van der Waals surface area contributed by atoms with Gasteiger partial charge in [-0.3, -0.25) is 38.4 Å². The maximum atomic E-state index is 12.1. The quantitative estimate of drug-likeness (QED) is 0.0837. The second kappa shape index (κ2) is 19.7. The maximum Gasteiger partial charge on any atom is 0.339 e. The lowest BCUT2D eigenvalue weighted by atomic mass is 10.2. The van der Waals surface area contributed by atoms with E-state index in [0.717, 1.165) is 20.9 Å². The van der Waals surface area contributed by atoms with Crippen LogP contribution in [0.25, 0.3) is 0 Å². The first-order valence-electron chi connectivity index (χ1n) is 14.1. The molecule has 0 saturated heterocycles. The van der Waals surface area contributed by atoms with Crippen LogP contribution in [0.5, 0.6) is 0 Å². The van der Waals surface area contributed by atoms with Gasteiger partial charge in [0, 0.05) is 26.2 Å². The molecule has 16 nitrogen and oxygen atoms in total. The summed E-state index contributed by atoms with van der Waals surface area (Å²) in [6, 6.07) is 14.9. The Kier molecular flexibility index (Phi) is 16.5. The van der Waals surface area contributed by atoms with E-state index >= 15 is 0 Å². The lowest BCUT2D eigenvalue weighted by Gasteiger charge is -2.33. The molecule has 2 aromatic rings. The molecule has 2 atom stereocenters. The number of hydrogen-bond donors (Lipinski definition) is 6. The Balaban J connectivity index is 2.14. The Labute approximate surface area is 265 Å². The number of carboxylic acid groups (broad SMARTS) is 4. The van der Waals surface area contributed by atoms with Crippen molar-refractivity contribution in [2.75, 3.05) is 58.8 Å². The van der Waals surface area contributed by atoms with Crippen LogP contribution in [0, 0.1) is 0 Å². The summed E-state index contributed by atoms with van der Waals surface area (Å²) in [6.07, 6.45) is -0.834. The van der Waals surface area contributed by atoms with Crippen molar-refractivity contribution in [2.45, 2.75) is 25.3 Å². The van der Waals surface area contributed by atoms with Crippen LogP contribution in [-0.4, -0.2) is 140 Å². The molecule has 0 aliphatic heterocycles. The Hall–Kier alpha value is -3.73. The predicted molar refractivity (Wildman–Crippen MR) is 162 cm³/mol. The van der Waals surface area contributed by atoms with Gasteiger partial charge in [0.25, 0.3) is 0 Å². The fourth-order valence-corrected chi connectivity index (χ4v) is 5.29. The van der Waals surface area contributed by atoms with E-state index in [1.807, 2.05) is 0 Å². The second-order valence-corrected chi connectivity index (χ2v) is 12.0. The normalized spacial score (nSPS) is 13.2. The third-order valence-electron chi connectivity index (χ3n) is 6.69. The zero-order chi connectivity index (χ0) is 34.1. The third-order valence-corrected chi connectivity index (χ3v) is 7.46. The van der Waals surface area contributed by atoms with Gasteiger partial charge in [-0.1, -0.05) is 60.7 Å². The van der Waals surface area contributed by atoms with E-state index in [0.29, 0.717) is 0 Å². The fraction of sp³-hybridized carbons (Fsp3) is 0.448. The molecule has 0 unspecified atom stereocenters. The van der Waals surface area contributed by atoms with Gasteiger partial charge in [0.05, 0.1) is 39.5 Å². The molecule has 0 heterocycles. The number of carboxylic acids is 4. The van der Waals surface area contributed by atoms with Crippen LogP contribution >= 0.6 is 7.60 Å². The second-order valence-electron chi connectivity index (χ2n) is 10.4. The molecule has 254 valence electrons. The Morgan fingerprint density at radius 2 is 1.00 bits per heavy atom. The number of carbonyl (C=O) groups is 4. The average Bonchev–Trinajstić information content (AvgIpc) is 2.97. The molecule has 17 heteroatoms. The molecule has 2 aromatic carbocycles. The lowest BCUT2D eigenvalue weighted by molar-refractivity contribution is -0.150. The highest BCUT2D eigenvalue weighted by atomic mass is 31.2. The number of benzene rings is 2. The van der Waals surface area contributed by atoms with Crippen LogP contribution in [0.3, 0.4) is 0 Å². The molecule has 0 fully saturated rings.